The number of carbonyl (C=O) groups excluding carboxylic acids is 1. The van der Waals surface area contributed by atoms with E-state index in [9.17, 15) is 13.6 Å². The fourth-order valence-electron chi connectivity index (χ4n) is 2.63. The van der Waals surface area contributed by atoms with E-state index in [1.54, 1.807) is 19.1 Å². The van der Waals surface area contributed by atoms with Crippen LogP contribution in [0.5, 0.6) is 11.5 Å². The van der Waals surface area contributed by atoms with Crippen LogP contribution in [-0.4, -0.2) is 25.3 Å². The number of rotatable bonds is 4. The molecule has 1 unspecified atom stereocenters. The van der Waals surface area contributed by atoms with Gasteiger partial charge in [0.05, 0.1) is 5.69 Å². The van der Waals surface area contributed by atoms with Gasteiger partial charge in [0.25, 0.3) is 0 Å². The number of amides is 2. The third kappa shape index (κ3) is 4.24. The Kier molecular flexibility index (Phi) is 5.61. The van der Waals surface area contributed by atoms with E-state index in [0.717, 1.165) is 0 Å². The molecule has 0 fully saturated rings. The Hall–Kier alpha value is -2.35. The average molecular weight is 427 g/mol. The topological polar surface area (TPSA) is 59.6 Å². The first-order valence-electron chi connectivity index (χ1n) is 8.03. The van der Waals surface area contributed by atoms with Crippen molar-refractivity contribution >= 4 is 27.6 Å². The highest BCUT2D eigenvalue weighted by Gasteiger charge is 2.18. The summed E-state index contributed by atoms with van der Waals surface area (Å²) in [6.07, 6.45) is 0.0359. The molecular weight excluding hydrogens is 410 g/mol. The quantitative estimate of drug-likeness (QED) is 0.767. The van der Waals surface area contributed by atoms with E-state index in [-0.39, 0.29) is 12.0 Å². The maximum Gasteiger partial charge on any atom is 0.319 e. The molecule has 2 aromatic rings. The zero-order chi connectivity index (χ0) is 18.7. The zero-order valence-electron chi connectivity index (χ0n) is 13.9. The number of hydrogen-bond donors (Lipinski definition) is 2. The molecule has 0 saturated heterocycles. The summed E-state index contributed by atoms with van der Waals surface area (Å²) in [4.78, 5) is 12.2. The maximum atomic E-state index is 13.7. The highest BCUT2D eigenvalue weighted by atomic mass is 79.9. The highest BCUT2D eigenvalue weighted by Crippen LogP contribution is 2.38. The lowest BCUT2D eigenvalue weighted by Crippen LogP contribution is -2.37. The molecule has 1 atom stereocenters. The van der Waals surface area contributed by atoms with Gasteiger partial charge in [0.2, 0.25) is 0 Å². The fraction of sp³-hybridized carbons (Fsp3) is 0.278. The molecule has 5 nitrogen and oxygen atoms in total. The average Bonchev–Trinajstić information content (AvgIpc) is 2.59. The van der Waals surface area contributed by atoms with Gasteiger partial charge in [0, 0.05) is 28.2 Å². The SMILES string of the molecule is CC(Cc1c(F)cccc1F)NC(=O)Nc1cc2c(cc1Br)OCCO2. The molecule has 26 heavy (non-hydrogen) atoms. The zero-order valence-corrected chi connectivity index (χ0v) is 15.5. The molecule has 0 aromatic heterocycles. The molecule has 2 N–H and O–H groups in total. The lowest BCUT2D eigenvalue weighted by molar-refractivity contribution is 0.171. The number of carbonyl (C=O) groups is 1. The van der Waals surface area contributed by atoms with Crippen molar-refractivity contribution in [2.24, 2.45) is 0 Å². The van der Waals surface area contributed by atoms with Gasteiger partial charge in [0.1, 0.15) is 24.8 Å². The van der Waals surface area contributed by atoms with Gasteiger partial charge >= 0.3 is 6.03 Å². The predicted molar refractivity (Wildman–Crippen MR) is 96.8 cm³/mol. The molecule has 8 heteroatoms. The normalized spacial score (nSPS) is 13.8. The van der Waals surface area contributed by atoms with Crippen molar-refractivity contribution in [1.82, 2.24) is 5.32 Å². The monoisotopic (exact) mass is 426 g/mol. The molecule has 2 aromatic carbocycles. The third-order valence-corrected chi connectivity index (χ3v) is 4.49. The smallest absolute Gasteiger partial charge is 0.319 e. The van der Waals surface area contributed by atoms with Gasteiger partial charge in [-0.05, 0) is 41.4 Å². The van der Waals surface area contributed by atoms with E-state index >= 15 is 0 Å². The molecule has 3 rings (SSSR count). The summed E-state index contributed by atoms with van der Waals surface area (Å²) in [5.41, 5.74) is 0.442. The van der Waals surface area contributed by atoms with Crippen molar-refractivity contribution in [3.63, 3.8) is 0 Å². The number of urea groups is 1. The summed E-state index contributed by atoms with van der Waals surface area (Å²) < 4.78 is 39.0. The van der Waals surface area contributed by atoms with Crippen LogP contribution in [0, 0.1) is 11.6 Å². The lowest BCUT2D eigenvalue weighted by Gasteiger charge is -2.21. The molecule has 1 heterocycles. The van der Waals surface area contributed by atoms with Crippen LogP contribution in [0.25, 0.3) is 0 Å². The fourth-order valence-corrected chi connectivity index (χ4v) is 3.05. The number of nitrogens with one attached hydrogen (secondary N) is 2. The standard InChI is InChI=1S/C18H17BrF2N2O3/c1-10(7-11-13(20)3-2-4-14(11)21)22-18(24)23-15-9-17-16(8-12(15)19)25-5-6-26-17/h2-4,8-10H,5-7H2,1H3,(H2,22,23,24). The molecule has 1 aliphatic rings. The summed E-state index contributed by atoms with van der Waals surface area (Å²) in [6.45, 7) is 2.58. The minimum atomic E-state index is -0.631. The van der Waals surface area contributed by atoms with Crippen LogP contribution < -0.4 is 20.1 Å². The Bertz CT molecular complexity index is 812. The van der Waals surface area contributed by atoms with Crippen molar-refractivity contribution in [3.05, 3.63) is 52.0 Å². The number of benzene rings is 2. The van der Waals surface area contributed by atoms with Crippen LogP contribution in [0.4, 0.5) is 19.3 Å². The van der Waals surface area contributed by atoms with Crippen LogP contribution in [-0.2, 0) is 6.42 Å². The van der Waals surface area contributed by atoms with Gasteiger partial charge in [-0.1, -0.05) is 6.07 Å². The van der Waals surface area contributed by atoms with E-state index < -0.39 is 23.7 Å². The number of ether oxygens (including phenoxy) is 2. The Morgan fingerprint density at radius 2 is 1.81 bits per heavy atom. The molecule has 0 bridgehead atoms. The van der Waals surface area contributed by atoms with E-state index in [2.05, 4.69) is 26.6 Å². The maximum absolute atomic E-state index is 13.7. The minimum Gasteiger partial charge on any atom is -0.486 e. The first-order valence-corrected chi connectivity index (χ1v) is 8.83. The van der Waals surface area contributed by atoms with Crippen LogP contribution in [0.1, 0.15) is 12.5 Å². The van der Waals surface area contributed by atoms with Crippen LogP contribution in [0.3, 0.4) is 0 Å². The van der Waals surface area contributed by atoms with E-state index in [1.807, 2.05) is 0 Å². The lowest BCUT2D eigenvalue weighted by atomic mass is 10.1. The van der Waals surface area contributed by atoms with Gasteiger partial charge in [-0.3, -0.25) is 0 Å². The third-order valence-electron chi connectivity index (χ3n) is 3.83. The Labute approximate surface area is 157 Å². The second-order valence-corrected chi connectivity index (χ2v) is 6.73. The molecule has 0 radical (unpaired) electrons. The summed E-state index contributed by atoms with van der Waals surface area (Å²) in [5, 5.41) is 5.35. The second-order valence-electron chi connectivity index (χ2n) is 5.88. The van der Waals surface area contributed by atoms with Crippen molar-refractivity contribution < 1.29 is 23.0 Å². The van der Waals surface area contributed by atoms with Crippen molar-refractivity contribution in [2.45, 2.75) is 19.4 Å². The van der Waals surface area contributed by atoms with Crippen LogP contribution in [0.2, 0.25) is 0 Å². The number of fused-ring (bicyclic) bond motifs is 1. The van der Waals surface area contributed by atoms with Gasteiger partial charge < -0.3 is 20.1 Å². The molecular formula is C18H17BrF2N2O3. The van der Waals surface area contributed by atoms with Gasteiger partial charge in [-0.25, -0.2) is 13.6 Å². The van der Waals surface area contributed by atoms with Crippen LogP contribution in [0.15, 0.2) is 34.8 Å². The van der Waals surface area contributed by atoms with E-state index in [4.69, 9.17) is 9.47 Å². The van der Waals surface area contributed by atoms with Crippen molar-refractivity contribution in [3.8, 4) is 11.5 Å². The van der Waals surface area contributed by atoms with E-state index in [0.29, 0.717) is 34.9 Å². The summed E-state index contributed by atoms with van der Waals surface area (Å²) in [5.74, 6) is -0.129. The summed E-state index contributed by atoms with van der Waals surface area (Å²) >= 11 is 3.37. The Balaban J connectivity index is 1.63. The number of anilines is 1. The summed E-state index contributed by atoms with van der Waals surface area (Å²) in [7, 11) is 0. The highest BCUT2D eigenvalue weighted by molar-refractivity contribution is 9.10. The van der Waals surface area contributed by atoms with Gasteiger partial charge in [-0.2, -0.15) is 0 Å². The second kappa shape index (κ2) is 7.90. The molecule has 0 saturated carbocycles. The molecule has 138 valence electrons. The molecule has 2 amide bonds. The Morgan fingerprint density at radius 1 is 1.19 bits per heavy atom. The number of hydrogen-bond acceptors (Lipinski definition) is 3. The summed E-state index contributed by atoms with van der Waals surface area (Å²) in [6, 6.07) is 6.08. The minimum absolute atomic E-state index is 0.0359. The first kappa shape index (κ1) is 18.4. The van der Waals surface area contributed by atoms with Gasteiger partial charge in [0.15, 0.2) is 11.5 Å². The van der Waals surface area contributed by atoms with Gasteiger partial charge in [-0.15, -0.1) is 0 Å². The first-order chi connectivity index (χ1) is 12.4. The number of halogens is 3. The predicted octanol–water partition coefficient (Wildman–Crippen LogP) is 4.25. The van der Waals surface area contributed by atoms with Crippen molar-refractivity contribution in [1.29, 1.82) is 0 Å². The van der Waals surface area contributed by atoms with E-state index in [1.165, 1.54) is 18.2 Å². The molecule has 1 aliphatic heterocycles. The Morgan fingerprint density at radius 3 is 2.46 bits per heavy atom. The molecule has 0 aliphatic carbocycles. The van der Waals surface area contributed by atoms with Crippen molar-refractivity contribution in [2.75, 3.05) is 18.5 Å². The van der Waals surface area contributed by atoms with Crippen LogP contribution >= 0.6 is 15.9 Å². The molecule has 0 spiro atoms. The largest absolute Gasteiger partial charge is 0.486 e.